The molecular weight excluding hydrogens is 484 g/mol. The minimum absolute atomic E-state index is 0.112. The third kappa shape index (κ3) is 4.72. The zero-order chi connectivity index (χ0) is 27.2. The van der Waals surface area contributed by atoms with E-state index in [4.69, 9.17) is 4.74 Å². The molecule has 6 aromatic rings. The van der Waals surface area contributed by atoms with Gasteiger partial charge in [-0.2, -0.15) is 0 Å². The van der Waals surface area contributed by atoms with Gasteiger partial charge in [0.05, 0.1) is 12.5 Å². The molecule has 0 aromatic heterocycles. The molecule has 1 heteroatoms. The van der Waals surface area contributed by atoms with E-state index in [0.29, 0.717) is 0 Å². The van der Waals surface area contributed by atoms with E-state index in [9.17, 15) is 0 Å². The molecule has 0 fully saturated rings. The van der Waals surface area contributed by atoms with Gasteiger partial charge in [-0.15, -0.1) is 0 Å². The Bertz CT molecular complexity index is 1530. The first-order chi connectivity index (χ1) is 19.8. The lowest BCUT2D eigenvalue weighted by atomic mass is 9.65. The van der Waals surface area contributed by atoms with Crippen LogP contribution in [0.1, 0.15) is 44.9 Å². The van der Waals surface area contributed by atoms with Crippen LogP contribution in [0.5, 0.6) is 5.75 Å². The molecule has 0 aliphatic heterocycles. The predicted molar refractivity (Wildman–Crippen MR) is 165 cm³/mol. The number of hydrogen-bond acceptors (Lipinski definition) is 1. The van der Waals surface area contributed by atoms with Gasteiger partial charge < -0.3 is 4.74 Å². The molecule has 6 rings (SSSR count). The Morgan fingerprint density at radius 1 is 0.375 bits per heavy atom. The van der Waals surface area contributed by atoms with E-state index in [1.807, 2.05) is 12.1 Å². The highest BCUT2D eigenvalue weighted by Gasteiger charge is 2.38. The molecule has 0 radical (unpaired) electrons. The van der Waals surface area contributed by atoms with E-state index >= 15 is 0 Å². The summed E-state index contributed by atoms with van der Waals surface area (Å²) in [6.45, 7) is 0. The van der Waals surface area contributed by atoms with Crippen molar-refractivity contribution in [3.8, 4) is 5.75 Å². The van der Waals surface area contributed by atoms with Crippen molar-refractivity contribution in [3.63, 3.8) is 0 Å². The minimum atomic E-state index is -0.454. The molecule has 1 nitrogen and oxygen atoms in total. The number of ether oxygens (including phenoxy) is 1. The Morgan fingerprint density at radius 3 is 1.10 bits per heavy atom. The van der Waals surface area contributed by atoms with Crippen LogP contribution in [0.4, 0.5) is 0 Å². The lowest BCUT2D eigenvalue weighted by Gasteiger charge is -2.37. The largest absolute Gasteiger partial charge is 0.497 e. The number of benzene rings is 6. The van der Waals surface area contributed by atoms with Crippen molar-refractivity contribution in [2.75, 3.05) is 7.11 Å². The lowest BCUT2D eigenvalue weighted by molar-refractivity contribution is 0.414. The zero-order valence-electron chi connectivity index (χ0n) is 22.7. The van der Waals surface area contributed by atoms with Gasteiger partial charge in [-0.05, 0) is 51.1 Å². The maximum Gasteiger partial charge on any atom is 0.118 e. The van der Waals surface area contributed by atoms with Crippen LogP contribution in [0.15, 0.2) is 170 Å². The van der Waals surface area contributed by atoms with Crippen molar-refractivity contribution < 1.29 is 4.74 Å². The highest BCUT2D eigenvalue weighted by atomic mass is 16.5. The lowest BCUT2D eigenvalue weighted by Crippen LogP contribution is -2.31. The van der Waals surface area contributed by atoms with Crippen LogP contribution in [0.2, 0.25) is 0 Å². The van der Waals surface area contributed by atoms with Crippen LogP contribution >= 0.6 is 0 Å². The predicted octanol–water partition coefficient (Wildman–Crippen LogP) is 9.26. The van der Waals surface area contributed by atoms with Crippen LogP contribution in [0.25, 0.3) is 0 Å². The molecule has 0 aliphatic rings. The summed E-state index contributed by atoms with van der Waals surface area (Å²) in [7, 11) is 1.71. The Kier molecular flexibility index (Phi) is 7.28. The van der Waals surface area contributed by atoms with Gasteiger partial charge in [0.2, 0.25) is 0 Å². The van der Waals surface area contributed by atoms with E-state index < -0.39 is 5.41 Å². The summed E-state index contributed by atoms with van der Waals surface area (Å²) < 4.78 is 5.44. The molecule has 0 N–H and O–H groups in total. The monoisotopic (exact) mass is 516 g/mol. The fourth-order valence-corrected chi connectivity index (χ4v) is 6.01. The average Bonchev–Trinajstić information content (AvgIpc) is 3.05. The van der Waals surface area contributed by atoms with Crippen molar-refractivity contribution >= 4 is 0 Å². The molecule has 1 atom stereocenters. The minimum Gasteiger partial charge on any atom is -0.497 e. The fourth-order valence-electron chi connectivity index (χ4n) is 6.01. The third-order valence-electron chi connectivity index (χ3n) is 7.88. The summed E-state index contributed by atoms with van der Waals surface area (Å²) in [4.78, 5) is 0. The zero-order valence-corrected chi connectivity index (χ0v) is 22.7. The van der Waals surface area contributed by atoms with E-state index in [2.05, 4.69) is 158 Å². The molecule has 6 aromatic carbocycles. The van der Waals surface area contributed by atoms with E-state index in [1.54, 1.807) is 7.11 Å². The van der Waals surface area contributed by atoms with Gasteiger partial charge in [-0.3, -0.25) is 0 Å². The SMILES string of the molecule is COc1ccc(C(c2ccccc2)c2ccc(C(c3ccccc3)(c3ccccc3)c3ccccc3)cc2)cc1. The van der Waals surface area contributed by atoms with Crippen molar-refractivity contribution in [3.05, 3.63) is 209 Å². The quantitative estimate of drug-likeness (QED) is 0.183. The Balaban J connectivity index is 1.54. The number of hydrogen-bond donors (Lipinski definition) is 0. The van der Waals surface area contributed by atoms with Crippen molar-refractivity contribution in [1.82, 2.24) is 0 Å². The van der Waals surface area contributed by atoms with Gasteiger partial charge >= 0.3 is 0 Å². The van der Waals surface area contributed by atoms with Crippen molar-refractivity contribution in [2.24, 2.45) is 0 Å². The first-order valence-corrected chi connectivity index (χ1v) is 13.8. The van der Waals surface area contributed by atoms with E-state index in [1.165, 1.54) is 38.9 Å². The fraction of sp³-hybridized carbons (Fsp3) is 0.0769. The van der Waals surface area contributed by atoms with Crippen molar-refractivity contribution in [1.29, 1.82) is 0 Å². The second-order valence-electron chi connectivity index (χ2n) is 10.1. The summed E-state index contributed by atoms with van der Waals surface area (Å²) >= 11 is 0. The molecular formula is C39H32O. The summed E-state index contributed by atoms with van der Waals surface area (Å²) in [5.41, 5.74) is 8.27. The smallest absolute Gasteiger partial charge is 0.118 e. The van der Waals surface area contributed by atoms with Gasteiger partial charge in [0, 0.05) is 5.92 Å². The van der Waals surface area contributed by atoms with E-state index in [-0.39, 0.29) is 5.92 Å². The van der Waals surface area contributed by atoms with Crippen molar-refractivity contribution in [2.45, 2.75) is 11.3 Å². The molecule has 0 saturated carbocycles. The first-order valence-electron chi connectivity index (χ1n) is 13.8. The molecule has 1 unspecified atom stereocenters. The topological polar surface area (TPSA) is 9.23 Å². The Hall–Kier alpha value is -4.88. The number of methoxy groups -OCH3 is 1. The summed E-state index contributed by atoms with van der Waals surface area (Å²) in [5.74, 6) is 0.977. The number of rotatable bonds is 8. The van der Waals surface area contributed by atoms with Gasteiger partial charge in [-0.25, -0.2) is 0 Å². The average molecular weight is 517 g/mol. The van der Waals surface area contributed by atoms with Gasteiger partial charge in [-0.1, -0.05) is 158 Å². The summed E-state index contributed by atoms with van der Waals surface area (Å²) in [6, 6.07) is 61.0. The molecule has 0 aliphatic carbocycles. The second-order valence-corrected chi connectivity index (χ2v) is 10.1. The van der Waals surface area contributed by atoms with E-state index in [0.717, 1.165) is 5.75 Å². The molecule has 0 spiro atoms. The standard InChI is InChI=1S/C39H32O/c1-40-37-28-24-32(25-29-37)38(30-14-6-2-7-15-30)31-22-26-36(27-23-31)39(33-16-8-3-9-17-33,34-18-10-4-11-19-34)35-20-12-5-13-21-35/h2-29,38H,1H3. The molecule has 0 heterocycles. The van der Waals surface area contributed by atoms with Crippen LogP contribution in [-0.2, 0) is 5.41 Å². The highest BCUT2D eigenvalue weighted by Crippen LogP contribution is 2.45. The molecule has 0 amide bonds. The van der Waals surface area contributed by atoms with Gasteiger partial charge in [0.25, 0.3) is 0 Å². The molecule has 40 heavy (non-hydrogen) atoms. The van der Waals surface area contributed by atoms with Crippen LogP contribution in [-0.4, -0.2) is 7.11 Å². The molecule has 0 saturated heterocycles. The summed E-state index contributed by atoms with van der Waals surface area (Å²) in [6.07, 6.45) is 0. The van der Waals surface area contributed by atoms with Gasteiger partial charge in [0.1, 0.15) is 5.75 Å². The van der Waals surface area contributed by atoms with Crippen LogP contribution in [0.3, 0.4) is 0 Å². The van der Waals surface area contributed by atoms with Crippen LogP contribution in [0, 0.1) is 0 Å². The Morgan fingerprint density at radius 2 is 0.700 bits per heavy atom. The third-order valence-corrected chi connectivity index (χ3v) is 7.88. The highest BCUT2D eigenvalue weighted by molar-refractivity contribution is 5.60. The van der Waals surface area contributed by atoms with Crippen LogP contribution < -0.4 is 4.74 Å². The molecule has 0 bridgehead atoms. The summed E-state index contributed by atoms with van der Waals surface area (Å²) in [5, 5.41) is 0. The first kappa shape index (κ1) is 25.4. The molecule has 194 valence electrons. The second kappa shape index (κ2) is 11.5. The normalized spacial score (nSPS) is 12.0. The van der Waals surface area contributed by atoms with Gasteiger partial charge in [0.15, 0.2) is 0 Å². The maximum absolute atomic E-state index is 5.44. The Labute approximate surface area is 237 Å². The maximum atomic E-state index is 5.44.